The van der Waals surface area contributed by atoms with Gasteiger partial charge in [0.05, 0.1) is 11.8 Å². The van der Waals surface area contributed by atoms with Gasteiger partial charge in [-0.05, 0) is 30.7 Å². The van der Waals surface area contributed by atoms with Crippen molar-refractivity contribution in [3.63, 3.8) is 0 Å². The lowest BCUT2D eigenvalue weighted by molar-refractivity contribution is 0.0956. The van der Waals surface area contributed by atoms with Crippen molar-refractivity contribution in [1.82, 2.24) is 5.43 Å². The molecular weight excluding hydrogens is 318 g/mol. The Morgan fingerprint density at radius 3 is 2.65 bits per heavy atom. The molecule has 3 N–H and O–H groups in total. The minimum Gasteiger partial charge on any atom is -0.398 e. The molecule has 0 aliphatic rings. The highest BCUT2D eigenvalue weighted by Gasteiger charge is 2.08. The van der Waals surface area contributed by atoms with Crippen LogP contribution in [0.2, 0.25) is 0 Å². The van der Waals surface area contributed by atoms with Gasteiger partial charge >= 0.3 is 0 Å². The van der Waals surface area contributed by atoms with Gasteiger partial charge in [-0.15, -0.1) is 0 Å². The number of nitrogens with two attached hydrogens (primary N) is 1. The Bertz CT molecular complexity index is 651. The van der Waals surface area contributed by atoms with Crippen LogP contribution in [-0.2, 0) is 0 Å². The van der Waals surface area contributed by atoms with Gasteiger partial charge in [0.25, 0.3) is 5.91 Å². The monoisotopic (exact) mass is 331 g/mol. The maximum Gasteiger partial charge on any atom is 0.273 e. The van der Waals surface area contributed by atoms with Crippen LogP contribution in [0.5, 0.6) is 0 Å². The molecule has 0 atom stereocenters. The number of carbonyl (C=O) groups is 1. The Morgan fingerprint density at radius 1 is 1.25 bits per heavy atom. The highest BCUT2D eigenvalue weighted by Crippen LogP contribution is 2.18. The number of hydrazone groups is 1. The molecular formula is C15H14BrN3O. The maximum atomic E-state index is 11.9. The quantitative estimate of drug-likeness (QED) is 0.515. The number of amides is 1. The predicted octanol–water partition coefficient (Wildman–Crippen LogP) is 3.10. The van der Waals surface area contributed by atoms with E-state index in [2.05, 4.69) is 26.5 Å². The van der Waals surface area contributed by atoms with Crippen molar-refractivity contribution in [2.45, 2.75) is 6.92 Å². The summed E-state index contributed by atoms with van der Waals surface area (Å²) in [5.41, 5.74) is 11.1. The molecule has 0 spiro atoms. The van der Waals surface area contributed by atoms with Crippen molar-refractivity contribution < 1.29 is 4.79 Å². The van der Waals surface area contributed by atoms with E-state index < -0.39 is 0 Å². The first-order valence-corrected chi connectivity index (χ1v) is 6.80. The summed E-state index contributed by atoms with van der Waals surface area (Å²) in [7, 11) is 0. The van der Waals surface area contributed by atoms with E-state index >= 15 is 0 Å². The average molecular weight is 332 g/mol. The van der Waals surface area contributed by atoms with Gasteiger partial charge < -0.3 is 5.73 Å². The molecule has 20 heavy (non-hydrogen) atoms. The molecule has 0 aliphatic heterocycles. The third-order valence-corrected chi connectivity index (χ3v) is 3.21. The van der Waals surface area contributed by atoms with E-state index in [1.807, 2.05) is 31.2 Å². The molecule has 102 valence electrons. The molecule has 4 nitrogen and oxygen atoms in total. The van der Waals surface area contributed by atoms with Crippen LogP contribution in [0, 0.1) is 6.92 Å². The number of anilines is 1. The van der Waals surface area contributed by atoms with Crippen molar-refractivity contribution in [3.8, 4) is 0 Å². The van der Waals surface area contributed by atoms with Crippen molar-refractivity contribution in [2.75, 3.05) is 5.73 Å². The average Bonchev–Trinajstić information content (AvgIpc) is 2.43. The number of benzene rings is 2. The number of carbonyl (C=O) groups excluding carboxylic acids is 1. The SMILES string of the molecule is Cc1ccc(C=NNC(=O)c2cc(Br)ccc2N)cc1. The molecule has 5 heteroatoms. The van der Waals surface area contributed by atoms with Crippen molar-refractivity contribution in [1.29, 1.82) is 0 Å². The highest BCUT2D eigenvalue weighted by atomic mass is 79.9. The van der Waals surface area contributed by atoms with Gasteiger partial charge in [0.1, 0.15) is 0 Å². The minimum absolute atomic E-state index is 0.341. The number of halogens is 1. The fraction of sp³-hybridized carbons (Fsp3) is 0.0667. The van der Waals surface area contributed by atoms with E-state index in [1.165, 1.54) is 5.56 Å². The molecule has 0 unspecified atom stereocenters. The van der Waals surface area contributed by atoms with Crippen LogP contribution in [0.3, 0.4) is 0 Å². The molecule has 0 aromatic heterocycles. The van der Waals surface area contributed by atoms with E-state index in [4.69, 9.17) is 5.73 Å². The summed E-state index contributed by atoms with van der Waals surface area (Å²) in [6.07, 6.45) is 1.59. The molecule has 0 aliphatic carbocycles. The number of rotatable bonds is 3. The van der Waals surface area contributed by atoms with E-state index in [-0.39, 0.29) is 5.91 Å². The third-order valence-electron chi connectivity index (χ3n) is 2.72. The van der Waals surface area contributed by atoms with Crippen LogP contribution in [0.15, 0.2) is 52.0 Å². The standard InChI is InChI=1S/C15H14BrN3O/c1-10-2-4-11(5-3-10)9-18-19-15(20)13-8-12(16)6-7-14(13)17/h2-9H,17H2,1H3,(H,19,20). The molecule has 2 rings (SSSR count). The number of hydrogen-bond donors (Lipinski definition) is 2. The summed E-state index contributed by atoms with van der Waals surface area (Å²) in [6, 6.07) is 12.9. The van der Waals surface area contributed by atoms with Crippen molar-refractivity contribution in [3.05, 3.63) is 63.6 Å². The lowest BCUT2D eigenvalue weighted by Gasteiger charge is -2.04. The summed E-state index contributed by atoms with van der Waals surface area (Å²) in [5, 5.41) is 3.92. The van der Waals surface area contributed by atoms with Gasteiger partial charge in [0, 0.05) is 10.2 Å². The second-order valence-corrected chi connectivity index (χ2v) is 5.26. The molecule has 0 bridgehead atoms. The molecule has 2 aromatic carbocycles. The number of nitrogens with zero attached hydrogens (tertiary/aromatic N) is 1. The Labute approximate surface area is 125 Å². The van der Waals surface area contributed by atoms with Gasteiger partial charge in [-0.25, -0.2) is 5.43 Å². The van der Waals surface area contributed by atoms with Gasteiger partial charge in [0.15, 0.2) is 0 Å². The van der Waals surface area contributed by atoms with Gasteiger partial charge in [-0.2, -0.15) is 5.10 Å². The van der Waals surface area contributed by atoms with Crippen LogP contribution >= 0.6 is 15.9 Å². The fourth-order valence-corrected chi connectivity index (χ4v) is 1.96. The molecule has 0 fully saturated rings. The molecule has 0 radical (unpaired) electrons. The predicted molar refractivity (Wildman–Crippen MR) is 84.8 cm³/mol. The largest absolute Gasteiger partial charge is 0.398 e. The lowest BCUT2D eigenvalue weighted by atomic mass is 10.2. The van der Waals surface area contributed by atoms with Crippen LogP contribution < -0.4 is 11.2 Å². The zero-order valence-electron chi connectivity index (χ0n) is 10.9. The van der Waals surface area contributed by atoms with Gasteiger partial charge in [-0.1, -0.05) is 45.8 Å². The Balaban J connectivity index is 2.05. The summed E-state index contributed by atoms with van der Waals surface area (Å²) >= 11 is 3.30. The fourth-order valence-electron chi connectivity index (χ4n) is 1.60. The van der Waals surface area contributed by atoms with Crippen molar-refractivity contribution in [2.24, 2.45) is 5.10 Å². The zero-order chi connectivity index (χ0) is 14.5. The first kappa shape index (κ1) is 14.3. The first-order chi connectivity index (χ1) is 9.56. The summed E-state index contributed by atoms with van der Waals surface area (Å²) in [5.74, 6) is -0.341. The first-order valence-electron chi connectivity index (χ1n) is 6.01. The third kappa shape index (κ3) is 3.68. The van der Waals surface area contributed by atoms with E-state index in [1.54, 1.807) is 24.4 Å². The van der Waals surface area contributed by atoms with Crippen LogP contribution in [0.4, 0.5) is 5.69 Å². The molecule has 0 saturated heterocycles. The van der Waals surface area contributed by atoms with Gasteiger partial charge in [-0.3, -0.25) is 4.79 Å². The second kappa shape index (κ2) is 6.34. The molecule has 2 aromatic rings. The van der Waals surface area contributed by atoms with Crippen LogP contribution in [0.1, 0.15) is 21.5 Å². The maximum absolute atomic E-state index is 11.9. The summed E-state index contributed by atoms with van der Waals surface area (Å²) < 4.78 is 0.791. The normalized spacial score (nSPS) is 10.7. The van der Waals surface area contributed by atoms with Crippen molar-refractivity contribution >= 4 is 33.7 Å². The zero-order valence-corrected chi connectivity index (χ0v) is 12.5. The minimum atomic E-state index is -0.341. The Kier molecular flexibility index (Phi) is 4.53. The highest BCUT2D eigenvalue weighted by molar-refractivity contribution is 9.10. The lowest BCUT2D eigenvalue weighted by Crippen LogP contribution is -2.19. The Morgan fingerprint density at radius 2 is 1.95 bits per heavy atom. The van der Waals surface area contributed by atoms with Crippen LogP contribution in [0.25, 0.3) is 0 Å². The van der Waals surface area contributed by atoms with Crippen LogP contribution in [-0.4, -0.2) is 12.1 Å². The number of hydrogen-bond acceptors (Lipinski definition) is 3. The summed E-state index contributed by atoms with van der Waals surface area (Å²) in [6.45, 7) is 2.01. The van der Waals surface area contributed by atoms with E-state index in [9.17, 15) is 4.79 Å². The molecule has 1 amide bonds. The Hall–Kier alpha value is -2.14. The van der Waals surface area contributed by atoms with Gasteiger partial charge in [0.2, 0.25) is 0 Å². The number of aryl methyl sites for hydroxylation is 1. The molecule has 0 saturated carbocycles. The second-order valence-electron chi connectivity index (χ2n) is 4.34. The van der Waals surface area contributed by atoms with E-state index in [0.29, 0.717) is 11.3 Å². The summed E-state index contributed by atoms with van der Waals surface area (Å²) in [4.78, 5) is 11.9. The molecule has 0 heterocycles. The van der Waals surface area contributed by atoms with E-state index in [0.717, 1.165) is 10.0 Å². The smallest absolute Gasteiger partial charge is 0.273 e. The number of nitrogen functional groups attached to an aromatic ring is 1. The number of nitrogens with one attached hydrogen (secondary N) is 1. The topological polar surface area (TPSA) is 67.5 Å².